The van der Waals surface area contributed by atoms with Crippen molar-refractivity contribution in [3.05, 3.63) is 36.5 Å². The fraction of sp³-hybridized carbons (Fsp3) is 0.375. The molecular weight excluding hydrogens is 408 g/mol. The Kier molecular flexibility index (Phi) is 6.30. The third-order valence-electron chi connectivity index (χ3n) is 5.86. The highest BCUT2D eigenvalue weighted by Crippen LogP contribution is 2.34. The number of methoxy groups -OCH3 is 3. The zero-order chi connectivity index (χ0) is 22.7. The Morgan fingerprint density at radius 2 is 1.78 bits per heavy atom. The summed E-state index contributed by atoms with van der Waals surface area (Å²) in [5.41, 5.74) is 2.52. The Balaban J connectivity index is 1.69. The summed E-state index contributed by atoms with van der Waals surface area (Å²) in [5.74, 6) is 2.81. The van der Waals surface area contributed by atoms with Crippen LogP contribution in [0, 0.1) is 0 Å². The van der Waals surface area contributed by atoms with Crippen molar-refractivity contribution in [3.8, 4) is 28.6 Å². The van der Waals surface area contributed by atoms with Crippen molar-refractivity contribution >= 4 is 22.5 Å². The number of nitrogens with one attached hydrogen (secondary N) is 1. The molecule has 1 fully saturated rings. The molecule has 1 saturated heterocycles. The van der Waals surface area contributed by atoms with E-state index >= 15 is 0 Å². The van der Waals surface area contributed by atoms with Crippen LogP contribution in [0.2, 0.25) is 0 Å². The van der Waals surface area contributed by atoms with Gasteiger partial charge in [-0.2, -0.15) is 0 Å². The molecule has 1 N–H and O–H groups in total. The smallest absolute Gasteiger partial charge is 0.219 e. The molecule has 1 aromatic heterocycles. The molecule has 8 nitrogen and oxygen atoms in total. The van der Waals surface area contributed by atoms with Crippen molar-refractivity contribution in [3.63, 3.8) is 0 Å². The number of carbonyl (C=O) groups is 1. The summed E-state index contributed by atoms with van der Waals surface area (Å²) in [6.45, 7) is 3.12. The number of likely N-dealkylation sites (tertiary alicyclic amines) is 1. The van der Waals surface area contributed by atoms with Gasteiger partial charge in [-0.15, -0.1) is 0 Å². The van der Waals surface area contributed by atoms with Crippen LogP contribution in [0.3, 0.4) is 0 Å². The molecule has 0 aliphatic carbocycles. The molecule has 2 aromatic carbocycles. The van der Waals surface area contributed by atoms with E-state index in [1.54, 1.807) is 34.4 Å². The molecule has 32 heavy (non-hydrogen) atoms. The highest BCUT2D eigenvalue weighted by molar-refractivity contribution is 5.88. The molecule has 0 spiro atoms. The largest absolute Gasteiger partial charge is 0.497 e. The first-order chi connectivity index (χ1) is 15.5. The number of benzene rings is 2. The fourth-order valence-corrected chi connectivity index (χ4v) is 4.02. The van der Waals surface area contributed by atoms with Crippen LogP contribution in [0.4, 0.5) is 5.69 Å². The second-order valence-corrected chi connectivity index (χ2v) is 7.79. The Bertz CT molecular complexity index is 1130. The van der Waals surface area contributed by atoms with Gasteiger partial charge in [-0.05, 0) is 25.0 Å². The molecule has 168 valence electrons. The van der Waals surface area contributed by atoms with Crippen molar-refractivity contribution < 1.29 is 19.0 Å². The van der Waals surface area contributed by atoms with Gasteiger partial charge in [0.2, 0.25) is 5.91 Å². The Morgan fingerprint density at radius 1 is 1.03 bits per heavy atom. The Morgan fingerprint density at radius 3 is 2.44 bits per heavy atom. The molecule has 0 saturated carbocycles. The van der Waals surface area contributed by atoms with Crippen LogP contribution in [0.1, 0.15) is 19.8 Å². The lowest BCUT2D eigenvalue weighted by Gasteiger charge is -2.32. The van der Waals surface area contributed by atoms with Crippen LogP contribution in [0.25, 0.3) is 22.3 Å². The molecule has 8 heteroatoms. The van der Waals surface area contributed by atoms with Crippen molar-refractivity contribution in [1.29, 1.82) is 0 Å². The summed E-state index contributed by atoms with van der Waals surface area (Å²) in [4.78, 5) is 22.9. The predicted molar refractivity (Wildman–Crippen MR) is 124 cm³/mol. The number of anilines is 1. The fourth-order valence-electron chi connectivity index (χ4n) is 4.02. The summed E-state index contributed by atoms with van der Waals surface area (Å²) in [6, 6.07) is 9.77. The highest BCUT2D eigenvalue weighted by atomic mass is 16.5. The lowest BCUT2D eigenvalue weighted by atomic mass is 10.0. The number of aromatic nitrogens is 2. The number of hydrogen-bond acceptors (Lipinski definition) is 7. The second-order valence-electron chi connectivity index (χ2n) is 7.79. The summed E-state index contributed by atoms with van der Waals surface area (Å²) < 4.78 is 16.3. The first-order valence-corrected chi connectivity index (χ1v) is 10.6. The SMILES string of the molecule is COc1ccc(-c2ncc3c(OC)cc(OC)cc3n2)c(NC2CCN(C(C)=O)CC2)c1. The summed E-state index contributed by atoms with van der Waals surface area (Å²) in [7, 11) is 4.88. The average molecular weight is 437 g/mol. The summed E-state index contributed by atoms with van der Waals surface area (Å²) in [6.07, 6.45) is 3.53. The van der Waals surface area contributed by atoms with Crippen LogP contribution in [-0.2, 0) is 4.79 Å². The monoisotopic (exact) mass is 436 g/mol. The van der Waals surface area contributed by atoms with Crippen LogP contribution in [0.5, 0.6) is 17.2 Å². The Labute approximate surface area is 187 Å². The third-order valence-corrected chi connectivity index (χ3v) is 5.86. The van der Waals surface area contributed by atoms with Gasteiger partial charge in [0.1, 0.15) is 17.2 Å². The van der Waals surface area contributed by atoms with E-state index in [0.29, 0.717) is 17.3 Å². The van der Waals surface area contributed by atoms with Gasteiger partial charge in [0.15, 0.2) is 5.82 Å². The van der Waals surface area contributed by atoms with Crippen molar-refractivity contribution in [2.75, 3.05) is 39.7 Å². The second kappa shape index (κ2) is 9.30. The van der Waals surface area contributed by atoms with E-state index in [1.165, 1.54) is 0 Å². The molecule has 1 aliphatic rings. The molecule has 1 amide bonds. The predicted octanol–water partition coefficient (Wildman–Crippen LogP) is 3.75. The number of carbonyl (C=O) groups excluding carboxylic acids is 1. The van der Waals surface area contributed by atoms with Gasteiger partial charge in [-0.3, -0.25) is 4.79 Å². The minimum atomic E-state index is 0.126. The van der Waals surface area contributed by atoms with Gasteiger partial charge in [0, 0.05) is 61.7 Å². The molecule has 3 aromatic rings. The maximum atomic E-state index is 11.6. The maximum absolute atomic E-state index is 11.6. The van der Waals surface area contributed by atoms with Crippen LogP contribution in [-0.4, -0.2) is 61.2 Å². The van der Waals surface area contributed by atoms with Gasteiger partial charge in [0.25, 0.3) is 0 Å². The molecule has 1 aliphatic heterocycles. The number of fused-ring (bicyclic) bond motifs is 1. The number of piperidine rings is 1. The van der Waals surface area contributed by atoms with Crippen molar-refractivity contribution in [1.82, 2.24) is 14.9 Å². The lowest BCUT2D eigenvalue weighted by Crippen LogP contribution is -2.41. The van der Waals surface area contributed by atoms with E-state index in [0.717, 1.165) is 53.8 Å². The van der Waals surface area contributed by atoms with E-state index in [9.17, 15) is 4.79 Å². The zero-order valence-electron chi connectivity index (χ0n) is 18.8. The van der Waals surface area contributed by atoms with E-state index in [1.807, 2.05) is 35.2 Å². The van der Waals surface area contributed by atoms with E-state index < -0.39 is 0 Å². The number of rotatable bonds is 6. The van der Waals surface area contributed by atoms with Gasteiger partial charge < -0.3 is 24.4 Å². The van der Waals surface area contributed by atoms with Crippen molar-refractivity contribution in [2.45, 2.75) is 25.8 Å². The first kappa shape index (κ1) is 21.7. The van der Waals surface area contributed by atoms with E-state index in [2.05, 4.69) is 10.3 Å². The molecular formula is C24H28N4O4. The van der Waals surface area contributed by atoms with Gasteiger partial charge >= 0.3 is 0 Å². The van der Waals surface area contributed by atoms with Crippen LogP contribution < -0.4 is 19.5 Å². The van der Waals surface area contributed by atoms with Gasteiger partial charge in [-0.25, -0.2) is 9.97 Å². The number of ether oxygens (including phenoxy) is 3. The molecule has 0 unspecified atom stereocenters. The Hall–Kier alpha value is -3.55. The first-order valence-electron chi connectivity index (χ1n) is 10.6. The number of hydrogen-bond donors (Lipinski definition) is 1. The number of amides is 1. The average Bonchev–Trinajstić information content (AvgIpc) is 2.83. The van der Waals surface area contributed by atoms with Crippen LogP contribution >= 0.6 is 0 Å². The molecule has 4 rings (SSSR count). The van der Waals surface area contributed by atoms with Crippen molar-refractivity contribution in [2.24, 2.45) is 0 Å². The minimum absolute atomic E-state index is 0.126. The standard InChI is InChI=1S/C24H28N4O4/c1-15(29)28-9-7-16(8-10-28)26-21-11-17(30-2)5-6-19(21)24-25-14-20-22(27-24)12-18(31-3)13-23(20)32-4/h5-6,11-14,16,26H,7-10H2,1-4H3. The van der Waals surface area contributed by atoms with Gasteiger partial charge in [0.05, 0.1) is 32.2 Å². The normalized spacial score (nSPS) is 14.3. The molecule has 2 heterocycles. The zero-order valence-corrected chi connectivity index (χ0v) is 18.8. The summed E-state index contributed by atoms with van der Waals surface area (Å²) >= 11 is 0. The van der Waals surface area contributed by atoms with Gasteiger partial charge in [-0.1, -0.05) is 0 Å². The topological polar surface area (TPSA) is 85.8 Å². The van der Waals surface area contributed by atoms with E-state index in [-0.39, 0.29) is 11.9 Å². The highest BCUT2D eigenvalue weighted by Gasteiger charge is 2.22. The third kappa shape index (κ3) is 4.39. The lowest BCUT2D eigenvalue weighted by molar-refractivity contribution is -0.129. The van der Waals surface area contributed by atoms with Crippen LogP contribution in [0.15, 0.2) is 36.5 Å². The molecule has 0 bridgehead atoms. The quantitative estimate of drug-likeness (QED) is 0.630. The number of nitrogens with zero attached hydrogens (tertiary/aromatic N) is 3. The minimum Gasteiger partial charge on any atom is -0.497 e. The molecule has 0 atom stereocenters. The molecule has 0 radical (unpaired) electrons. The van der Waals surface area contributed by atoms with E-state index in [4.69, 9.17) is 19.2 Å². The summed E-state index contributed by atoms with van der Waals surface area (Å²) in [5, 5.41) is 4.44. The maximum Gasteiger partial charge on any atom is 0.219 e.